The topological polar surface area (TPSA) is 61.7 Å². The lowest BCUT2D eigenvalue weighted by Gasteiger charge is -2.26. The fourth-order valence-electron chi connectivity index (χ4n) is 4.26. The van der Waals surface area contributed by atoms with Crippen molar-refractivity contribution >= 4 is 49.3 Å². The fraction of sp³-hybridized carbons (Fsp3) is 0.200. The monoisotopic (exact) mass is 473 g/mol. The highest BCUT2D eigenvalue weighted by molar-refractivity contribution is 7.20. The van der Waals surface area contributed by atoms with E-state index in [1.54, 1.807) is 11.3 Å². The average Bonchev–Trinajstić information content (AvgIpc) is 3.55. The number of thiazole rings is 1. The lowest BCUT2D eigenvalue weighted by Crippen LogP contribution is -2.43. The molecule has 1 aliphatic rings. The summed E-state index contributed by atoms with van der Waals surface area (Å²) in [6, 6.07) is 17.9. The maximum absolute atomic E-state index is 13.0. The third kappa shape index (κ3) is 4.06. The molecule has 166 valence electrons. The molecule has 0 bridgehead atoms. The van der Waals surface area contributed by atoms with Gasteiger partial charge in [0.05, 0.1) is 16.3 Å². The van der Waals surface area contributed by atoms with Gasteiger partial charge >= 0.3 is 0 Å². The lowest BCUT2D eigenvalue weighted by molar-refractivity contribution is 0.103. The molecule has 0 aliphatic carbocycles. The van der Waals surface area contributed by atoms with Gasteiger partial charge in [-0.2, -0.15) is 0 Å². The van der Waals surface area contributed by atoms with Gasteiger partial charge in [-0.25, -0.2) is 4.98 Å². The lowest BCUT2D eigenvalue weighted by atomic mass is 10.1. The van der Waals surface area contributed by atoms with E-state index in [2.05, 4.69) is 31.5 Å². The number of hydrogen-bond donors (Lipinski definition) is 2. The van der Waals surface area contributed by atoms with Gasteiger partial charge in [-0.3, -0.25) is 14.1 Å². The summed E-state index contributed by atoms with van der Waals surface area (Å²) in [5, 5.41) is 9.81. The third-order valence-corrected chi connectivity index (χ3v) is 7.98. The van der Waals surface area contributed by atoms with Crippen LogP contribution in [0.3, 0.4) is 0 Å². The number of fused-ring (bicyclic) bond motifs is 2. The molecule has 2 aromatic carbocycles. The minimum Gasteiger partial charge on any atom is -0.321 e. The van der Waals surface area contributed by atoms with Gasteiger partial charge in [0.1, 0.15) is 0 Å². The number of nitrogens with zero attached hydrogens (tertiary/aromatic N) is 3. The number of hydrogen-bond acceptors (Lipinski definition) is 6. The van der Waals surface area contributed by atoms with Crippen LogP contribution in [-0.4, -0.2) is 46.4 Å². The molecule has 0 spiro atoms. The number of carbonyl (C=O) groups is 1. The summed E-state index contributed by atoms with van der Waals surface area (Å²) in [4.78, 5) is 22.0. The maximum atomic E-state index is 13.0. The molecular formula is C25H23N5OS2. The zero-order valence-corrected chi connectivity index (χ0v) is 19.6. The fourth-order valence-corrected chi connectivity index (χ4v) is 6.09. The van der Waals surface area contributed by atoms with Crippen molar-refractivity contribution in [3.8, 4) is 11.3 Å². The Kier molecular flexibility index (Phi) is 5.43. The minimum atomic E-state index is -0.0935. The maximum Gasteiger partial charge on any atom is 0.265 e. The van der Waals surface area contributed by atoms with Crippen molar-refractivity contribution in [2.24, 2.45) is 0 Å². The molecule has 1 fully saturated rings. The van der Waals surface area contributed by atoms with Crippen LogP contribution >= 0.6 is 22.7 Å². The van der Waals surface area contributed by atoms with Gasteiger partial charge in [0.2, 0.25) is 0 Å². The molecule has 33 heavy (non-hydrogen) atoms. The van der Waals surface area contributed by atoms with Crippen LogP contribution in [-0.2, 0) is 6.54 Å². The molecule has 4 heterocycles. The first-order valence-corrected chi connectivity index (χ1v) is 12.7. The van der Waals surface area contributed by atoms with E-state index in [0.717, 1.165) is 64.7 Å². The Bertz CT molecular complexity index is 1410. The highest BCUT2D eigenvalue weighted by Crippen LogP contribution is 2.31. The van der Waals surface area contributed by atoms with Crippen LogP contribution in [0.15, 0.2) is 66.2 Å². The number of aromatic nitrogens is 2. The van der Waals surface area contributed by atoms with Crippen LogP contribution in [0.2, 0.25) is 0 Å². The number of anilines is 1. The van der Waals surface area contributed by atoms with E-state index in [1.165, 1.54) is 17.0 Å². The van der Waals surface area contributed by atoms with Crippen LogP contribution < -0.4 is 10.6 Å². The zero-order valence-electron chi connectivity index (χ0n) is 18.0. The van der Waals surface area contributed by atoms with E-state index >= 15 is 0 Å². The van der Waals surface area contributed by atoms with Crippen molar-refractivity contribution in [2.45, 2.75) is 6.54 Å². The number of thiophene rings is 1. The second-order valence-electron chi connectivity index (χ2n) is 8.18. The van der Waals surface area contributed by atoms with Gasteiger partial charge in [0.15, 0.2) is 4.96 Å². The molecule has 0 atom stereocenters. The summed E-state index contributed by atoms with van der Waals surface area (Å²) >= 11 is 3.17. The average molecular weight is 474 g/mol. The van der Waals surface area contributed by atoms with E-state index in [1.807, 2.05) is 54.6 Å². The SMILES string of the molecule is O=C(Nc1ccccc1-c1cn2c(CN3CCNCC3)csc2n1)c1cc2ccccc2s1. The highest BCUT2D eigenvalue weighted by Gasteiger charge is 2.17. The molecule has 0 radical (unpaired) electrons. The van der Waals surface area contributed by atoms with Crippen molar-refractivity contribution in [3.05, 3.63) is 76.7 Å². The Morgan fingerprint density at radius 1 is 1.09 bits per heavy atom. The summed E-state index contributed by atoms with van der Waals surface area (Å²) in [6.45, 7) is 5.11. The van der Waals surface area contributed by atoms with Crippen LogP contribution in [0.1, 0.15) is 15.4 Å². The number of rotatable bonds is 5. The van der Waals surface area contributed by atoms with Crippen molar-refractivity contribution in [3.63, 3.8) is 0 Å². The molecule has 6 rings (SSSR count). The number of benzene rings is 2. The van der Waals surface area contributed by atoms with Gasteiger partial charge in [-0.05, 0) is 23.6 Å². The molecule has 0 saturated carbocycles. The standard InChI is InChI=1S/C25H23N5OS2/c31-24(23-13-17-5-1-4-8-22(17)33-23)27-20-7-3-2-6-19(20)21-15-30-18(16-32-25(30)28-21)14-29-11-9-26-10-12-29/h1-8,13,15-16,26H,9-12,14H2,(H,27,31). The van der Waals surface area contributed by atoms with Crippen molar-refractivity contribution in [1.29, 1.82) is 0 Å². The summed E-state index contributed by atoms with van der Waals surface area (Å²) in [7, 11) is 0. The first kappa shape index (κ1) is 20.6. The van der Waals surface area contributed by atoms with Gasteiger partial charge < -0.3 is 10.6 Å². The van der Waals surface area contributed by atoms with Crippen LogP contribution in [0, 0.1) is 0 Å². The van der Waals surface area contributed by atoms with Gasteiger partial charge in [0, 0.05) is 60.3 Å². The van der Waals surface area contributed by atoms with E-state index < -0.39 is 0 Å². The van der Waals surface area contributed by atoms with Crippen molar-refractivity contribution in [2.75, 3.05) is 31.5 Å². The second kappa shape index (κ2) is 8.72. The van der Waals surface area contributed by atoms with E-state index in [9.17, 15) is 4.79 Å². The summed E-state index contributed by atoms with van der Waals surface area (Å²) in [5.74, 6) is -0.0935. The summed E-state index contributed by atoms with van der Waals surface area (Å²) in [5.41, 5.74) is 3.82. The largest absolute Gasteiger partial charge is 0.321 e. The Labute approximate surface area is 199 Å². The van der Waals surface area contributed by atoms with Gasteiger partial charge in [-0.15, -0.1) is 22.7 Å². The van der Waals surface area contributed by atoms with E-state index in [0.29, 0.717) is 4.88 Å². The molecule has 1 saturated heterocycles. The molecule has 1 amide bonds. The third-order valence-electron chi connectivity index (χ3n) is 5.98. The predicted octanol–water partition coefficient (Wildman–Crippen LogP) is 4.94. The second-order valence-corrected chi connectivity index (χ2v) is 10.1. The van der Waals surface area contributed by atoms with Crippen LogP contribution in [0.25, 0.3) is 26.3 Å². The van der Waals surface area contributed by atoms with E-state index in [-0.39, 0.29) is 5.91 Å². The first-order valence-electron chi connectivity index (χ1n) is 11.0. The minimum absolute atomic E-state index is 0.0935. The molecule has 6 nitrogen and oxygen atoms in total. The smallest absolute Gasteiger partial charge is 0.265 e. The highest BCUT2D eigenvalue weighted by atomic mass is 32.1. The number of imidazole rings is 1. The number of para-hydroxylation sites is 1. The van der Waals surface area contributed by atoms with Gasteiger partial charge in [-0.1, -0.05) is 36.4 Å². The quantitative estimate of drug-likeness (QED) is 0.380. The number of amides is 1. The zero-order chi connectivity index (χ0) is 22.2. The Hall–Kier alpha value is -3.04. The molecule has 3 aromatic heterocycles. The van der Waals surface area contributed by atoms with E-state index in [4.69, 9.17) is 4.98 Å². The normalized spacial score (nSPS) is 14.8. The summed E-state index contributed by atoms with van der Waals surface area (Å²) < 4.78 is 3.30. The number of carbonyl (C=O) groups excluding carboxylic acids is 1. The van der Waals surface area contributed by atoms with Crippen molar-refractivity contribution < 1.29 is 4.79 Å². The molecule has 2 N–H and O–H groups in total. The predicted molar refractivity (Wildman–Crippen MR) is 136 cm³/mol. The molecule has 0 unspecified atom stereocenters. The molecule has 1 aliphatic heterocycles. The summed E-state index contributed by atoms with van der Waals surface area (Å²) in [6.07, 6.45) is 2.09. The van der Waals surface area contributed by atoms with Gasteiger partial charge in [0.25, 0.3) is 5.91 Å². The molecular weight excluding hydrogens is 450 g/mol. The molecule has 5 aromatic rings. The molecule has 8 heteroatoms. The Morgan fingerprint density at radius 2 is 1.91 bits per heavy atom. The Morgan fingerprint density at radius 3 is 2.79 bits per heavy atom. The Balaban J connectivity index is 1.28. The van der Waals surface area contributed by atoms with Crippen molar-refractivity contribution in [1.82, 2.24) is 19.6 Å². The first-order chi connectivity index (χ1) is 16.2. The van der Waals surface area contributed by atoms with Crippen LogP contribution in [0.4, 0.5) is 5.69 Å². The number of nitrogens with one attached hydrogen (secondary N) is 2. The van der Waals surface area contributed by atoms with Crippen LogP contribution in [0.5, 0.6) is 0 Å². The number of piperazine rings is 1.